The third kappa shape index (κ3) is 5.68. The highest BCUT2D eigenvalue weighted by atomic mass is 35.5. The average Bonchev–Trinajstić information content (AvgIpc) is 2.68. The smallest absolute Gasteiger partial charge is 0.258 e. The number of benzene rings is 1. The Hall–Kier alpha value is -2.64. The molecule has 2 aromatic rings. The number of halogens is 1. The van der Waals surface area contributed by atoms with Crippen molar-refractivity contribution in [1.82, 2.24) is 10.2 Å². The van der Waals surface area contributed by atoms with E-state index in [-0.39, 0.29) is 36.0 Å². The summed E-state index contributed by atoms with van der Waals surface area (Å²) in [6, 6.07) is 8.55. The van der Waals surface area contributed by atoms with Crippen LogP contribution in [0.2, 0.25) is 5.02 Å². The Labute approximate surface area is 167 Å². The van der Waals surface area contributed by atoms with Crippen molar-refractivity contribution in [2.45, 2.75) is 25.9 Å². The van der Waals surface area contributed by atoms with Gasteiger partial charge in [0.25, 0.3) is 5.91 Å². The number of piperidine rings is 1. The molecule has 1 saturated heterocycles. The molecule has 1 aliphatic heterocycles. The zero-order chi connectivity index (χ0) is 19.9. The molecule has 1 aromatic carbocycles. The van der Waals surface area contributed by atoms with Gasteiger partial charge in [0.05, 0.1) is 6.54 Å². The van der Waals surface area contributed by atoms with Gasteiger partial charge in [-0.1, -0.05) is 29.8 Å². The molecule has 28 heavy (non-hydrogen) atoms. The zero-order valence-electron chi connectivity index (χ0n) is 15.3. The highest BCUT2D eigenvalue weighted by Gasteiger charge is 2.17. The Kier molecular flexibility index (Phi) is 6.84. The summed E-state index contributed by atoms with van der Waals surface area (Å²) in [6.07, 6.45) is 2.26. The molecule has 8 heteroatoms. The van der Waals surface area contributed by atoms with Gasteiger partial charge >= 0.3 is 0 Å². The maximum absolute atomic E-state index is 12.2. The number of nitrogens with zero attached hydrogens (tertiary/aromatic N) is 1. The van der Waals surface area contributed by atoms with Gasteiger partial charge < -0.3 is 14.5 Å². The number of ketones is 1. The molecule has 1 N–H and O–H groups in total. The predicted octanol–water partition coefficient (Wildman–Crippen LogP) is 2.15. The van der Waals surface area contributed by atoms with Gasteiger partial charge in [0.1, 0.15) is 17.8 Å². The molecule has 0 saturated carbocycles. The summed E-state index contributed by atoms with van der Waals surface area (Å²) < 4.78 is 10.7. The molecule has 0 unspecified atom stereocenters. The minimum absolute atomic E-state index is 0.0227. The molecule has 0 radical (unpaired) electrons. The average molecular weight is 405 g/mol. The van der Waals surface area contributed by atoms with Crippen LogP contribution in [0, 0.1) is 0 Å². The van der Waals surface area contributed by atoms with Gasteiger partial charge in [-0.2, -0.15) is 0 Å². The normalized spacial score (nSPS) is 14.7. The maximum atomic E-state index is 12.2. The summed E-state index contributed by atoms with van der Waals surface area (Å²) in [5.41, 5.74) is 0.439. The molecule has 0 bridgehead atoms. The van der Waals surface area contributed by atoms with Gasteiger partial charge in [-0.05, 0) is 11.6 Å². The SMILES string of the molecule is O=C1CCN(Cc2cc(=O)c(OCC(=O)NCc3ccccc3Cl)co2)CC1. The highest BCUT2D eigenvalue weighted by Crippen LogP contribution is 2.14. The van der Waals surface area contributed by atoms with E-state index in [1.807, 2.05) is 18.2 Å². The molecule has 1 amide bonds. The molecule has 0 atom stereocenters. The summed E-state index contributed by atoms with van der Waals surface area (Å²) in [5, 5.41) is 3.25. The van der Waals surface area contributed by atoms with Crippen LogP contribution in [-0.4, -0.2) is 36.3 Å². The van der Waals surface area contributed by atoms with Crippen LogP contribution in [-0.2, 0) is 22.7 Å². The van der Waals surface area contributed by atoms with Crippen LogP contribution in [0.25, 0.3) is 0 Å². The van der Waals surface area contributed by atoms with Crippen molar-refractivity contribution in [1.29, 1.82) is 0 Å². The number of rotatable bonds is 7. The van der Waals surface area contributed by atoms with E-state index in [1.54, 1.807) is 6.07 Å². The quantitative estimate of drug-likeness (QED) is 0.760. The number of hydrogen-bond donors (Lipinski definition) is 1. The first-order valence-corrected chi connectivity index (χ1v) is 9.38. The van der Waals surface area contributed by atoms with Crippen molar-refractivity contribution < 1.29 is 18.7 Å². The van der Waals surface area contributed by atoms with Gasteiger partial charge in [-0.25, -0.2) is 0 Å². The first-order chi connectivity index (χ1) is 13.5. The van der Waals surface area contributed by atoms with Gasteiger partial charge in [0.2, 0.25) is 11.2 Å². The third-order valence-electron chi connectivity index (χ3n) is 4.44. The number of nitrogens with one attached hydrogen (secondary N) is 1. The number of hydrogen-bond acceptors (Lipinski definition) is 6. The second-order valence-electron chi connectivity index (χ2n) is 6.55. The number of ether oxygens (including phenoxy) is 1. The highest BCUT2D eigenvalue weighted by molar-refractivity contribution is 6.31. The van der Waals surface area contributed by atoms with E-state index >= 15 is 0 Å². The third-order valence-corrected chi connectivity index (χ3v) is 4.81. The van der Waals surface area contributed by atoms with E-state index in [9.17, 15) is 14.4 Å². The maximum Gasteiger partial charge on any atom is 0.258 e. The standard InChI is InChI=1S/C20H21ClN2O5/c21-17-4-2-1-3-14(17)10-22-20(26)13-28-19-12-27-16(9-18(19)25)11-23-7-5-15(24)6-8-23/h1-4,9,12H,5-8,10-11,13H2,(H,22,26). The van der Waals surface area contributed by atoms with E-state index < -0.39 is 0 Å². The molecule has 1 fully saturated rings. The van der Waals surface area contributed by atoms with Crippen molar-refractivity contribution in [2.75, 3.05) is 19.7 Å². The van der Waals surface area contributed by atoms with Crippen LogP contribution < -0.4 is 15.5 Å². The minimum Gasteiger partial charge on any atom is -0.477 e. The molecule has 1 aliphatic rings. The summed E-state index contributed by atoms with van der Waals surface area (Å²) >= 11 is 6.04. The minimum atomic E-state index is -0.374. The van der Waals surface area contributed by atoms with E-state index in [0.717, 1.165) is 5.56 Å². The van der Waals surface area contributed by atoms with Crippen LogP contribution in [0.1, 0.15) is 24.2 Å². The summed E-state index contributed by atoms with van der Waals surface area (Å²) in [5.74, 6) is 0.357. The number of carbonyl (C=O) groups excluding carboxylic acids is 2. The Balaban J connectivity index is 1.48. The topological polar surface area (TPSA) is 88.8 Å². The molecule has 148 valence electrons. The first-order valence-electron chi connectivity index (χ1n) is 9.00. The van der Waals surface area contributed by atoms with E-state index in [2.05, 4.69) is 10.2 Å². The first kappa shape index (κ1) is 20.1. The monoisotopic (exact) mass is 404 g/mol. The Morgan fingerprint density at radius 2 is 1.96 bits per heavy atom. The van der Waals surface area contributed by atoms with Crippen molar-refractivity contribution in [2.24, 2.45) is 0 Å². The van der Waals surface area contributed by atoms with Gasteiger partial charge in [-0.3, -0.25) is 19.3 Å². The van der Waals surface area contributed by atoms with E-state index in [0.29, 0.717) is 43.3 Å². The molecule has 1 aromatic heterocycles. The fraction of sp³-hybridized carbons (Fsp3) is 0.350. The zero-order valence-corrected chi connectivity index (χ0v) is 16.0. The summed E-state index contributed by atoms with van der Waals surface area (Å²) in [7, 11) is 0. The van der Waals surface area contributed by atoms with Crippen LogP contribution in [0.15, 0.2) is 45.8 Å². The molecular weight excluding hydrogens is 384 g/mol. The van der Waals surface area contributed by atoms with Crippen molar-refractivity contribution in [3.05, 3.63) is 63.2 Å². The second-order valence-corrected chi connectivity index (χ2v) is 6.95. The van der Waals surface area contributed by atoms with Crippen molar-refractivity contribution >= 4 is 23.3 Å². The lowest BCUT2D eigenvalue weighted by Crippen LogP contribution is -2.33. The Bertz CT molecular complexity index is 901. The largest absolute Gasteiger partial charge is 0.477 e. The Morgan fingerprint density at radius 3 is 2.68 bits per heavy atom. The van der Waals surface area contributed by atoms with Gasteiger partial charge in [0, 0.05) is 43.6 Å². The predicted molar refractivity (Wildman–Crippen MR) is 103 cm³/mol. The summed E-state index contributed by atoms with van der Waals surface area (Å²) in [6.45, 7) is 1.75. The summed E-state index contributed by atoms with van der Waals surface area (Å²) in [4.78, 5) is 37.4. The van der Waals surface area contributed by atoms with Gasteiger partial charge in [0.15, 0.2) is 6.61 Å². The van der Waals surface area contributed by atoms with Crippen LogP contribution in [0.3, 0.4) is 0 Å². The molecule has 0 aliphatic carbocycles. The van der Waals surface area contributed by atoms with Crippen LogP contribution in [0.4, 0.5) is 0 Å². The van der Waals surface area contributed by atoms with E-state index in [1.165, 1.54) is 12.3 Å². The fourth-order valence-corrected chi connectivity index (χ4v) is 3.04. The molecule has 0 spiro atoms. The van der Waals surface area contributed by atoms with Crippen LogP contribution in [0.5, 0.6) is 5.75 Å². The molecule has 7 nitrogen and oxygen atoms in total. The lowest BCUT2D eigenvalue weighted by Gasteiger charge is -2.24. The number of Topliss-reactive ketones (excluding diaryl/α,β-unsaturated/α-hetero) is 1. The molecular formula is C20H21ClN2O5. The fourth-order valence-electron chi connectivity index (χ4n) is 2.84. The second kappa shape index (κ2) is 9.52. The number of likely N-dealkylation sites (tertiary alicyclic amines) is 1. The van der Waals surface area contributed by atoms with E-state index in [4.69, 9.17) is 20.8 Å². The lowest BCUT2D eigenvalue weighted by atomic mass is 10.1. The Morgan fingerprint density at radius 1 is 1.21 bits per heavy atom. The molecule has 2 heterocycles. The van der Waals surface area contributed by atoms with Crippen molar-refractivity contribution in [3.8, 4) is 5.75 Å². The lowest BCUT2D eigenvalue weighted by molar-refractivity contribution is -0.123. The number of carbonyl (C=O) groups is 2. The molecule has 3 rings (SSSR count). The number of amides is 1. The van der Waals surface area contributed by atoms with Crippen LogP contribution >= 0.6 is 11.6 Å². The van der Waals surface area contributed by atoms with Crippen molar-refractivity contribution in [3.63, 3.8) is 0 Å². The van der Waals surface area contributed by atoms with Gasteiger partial charge in [-0.15, -0.1) is 0 Å².